The maximum Gasteiger partial charge on any atom is 0.258 e. The quantitative estimate of drug-likeness (QED) is 0.757. The average Bonchev–Trinajstić information content (AvgIpc) is 3.07. The first kappa shape index (κ1) is 20.1. The molecule has 0 unspecified atom stereocenters. The van der Waals surface area contributed by atoms with Crippen molar-refractivity contribution in [1.82, 2.24) is 14.4 Å². The average molecular weight is 418 g/mol. The van der Waals surface area contributed by atoms with Crippen molar-refractivity contribution in [3.05, 3.63) is 46.4 Å². The SMILES string of the molecule is CC(C)n1cc(C(=O)N2CCN([C@H]3CCS(=O)(=O)C3)CC2)c2ccccc2c1=O. The van der Waals surface area contributed by atoms with Gasteiger partial charge in [-0.15, -0.1) is 0 Å². The van der Waals surface area contributed by atoms with Gasteiger partial charge in [0.1, 0.15) is 0 Å². The minimum Gasteiger partial charge on any atom is -0.336 e. The fraction of sp³-hybridized carbons (Fsp3) is 0.524. The zero-order chi connectivity index (χ0) is 20.8. The van der Waals surface area contributed by atoms with E-state index in [9.17, 15) is 18.0 Å². The van der Waals surface area contributed by atoms with Gasteiger partial charge in [-0.25, -0.2) is 8.42 Å². The predicted molar refractivity (Wildman–Crippen MR) is 113 cm³/mol. The number of rotatable bonds is 3. The molecule has 1 amide bonds. The highest BCUT2D eigenvalue weighted by Gasteiger charge is 2.34. The summed E-state index contributed by atoms with van der Waals surface area (Å²) in [5.41, 5.74) is 0.463. The Labute approximate surface area is 170 Å². The first-order valence-corrected chi connectivity index (χ1v) is 12.0. The Morgan fingerprint density at radius 1 is 1.07 bits per heavy atom. The van der Waals surface area contributed by atoms with Gasteiger partial charge in [-0.3, -0.25) is 14.5 Å². The van der Waals surface area contributed by atoms with E-state index in [1.807, 2.05) is 36.9 Å². The second-order valence-electron chi connectivity index (χ2n) is 8.28. The van der Waals surface area contributed by atoms with E-state index in [1.54, 1.807) is 16.8 Å². The Kier molecular flexibility index (Phi) is 5.25. The van der Waals surface area contributed by atoms with Crippen LogP contribution in [0.1, 0.15) is 36.7 Å². The number of benzene rings is 1. The summed E-state index contributed by atoms with van der Waals surface area (Å²) in [5.74, 6) is 0.416. The highest BCUT2D eigenvalue weighted by atomic mass is 32.2. The van der Waals surface area contributed by atoms with Crippen molar-refractivity contribution in [3.63, 3.8) is 0 Å². The lowest BCUT2D eigenvalue weighted by Crippen LogP contribution is -2.52. The van der Waals surface area contributed by atoms with Gasteiger partial charge in [-0.1, -0.05) is 18.2 Å². The van der Waals surface area contributed by atoms with Crippen LogP contribution < -0.4 is 5.56 Å². The first-order valence-electron chi connectivity index (χ1n) is 10.1. The molecule has 3 heterocycles. The summed E-state index contributed by atoms with van der Waals surface area (Å²) in [6, 6.07) is 7.29. The molecule has 1 atom stereocenters. The number of pyridine rings is 1. The molecular formula is C21H27N3O4S. The van der Waals surface area contributed by atoms with Crippen LogP contribution >= 0.6 is 0 Å². The van der Waals surface area contributed by atoms with Crippen molar-refractivity contribution in [2.45, 2.75) is 32.4 Å². The largest absolute Gasteiger partial charge is 0.336 e. The van der Waals surface area contributed by atoms with Crippen LogP contribution in [-0.2, 0) is 9.84 Å². The van der Waals surface area contributed by atoms with Crippen LogP contribution in [0.4, 0.5) is 0 Å². The molecule has 1 aromatic carbocycles. The van der Waals surface area contributed by atoms with E-state index >= 15 is 0 Å². The molecule has 156 valence electrons. The van der Waals surface area contributed by atoms with Gasteiger partial charge in [0.15, 0.2) is 9.84 Å². The van der Waals surface area contributed by atoms with Gasteiger partial charge in [0, 0.05) is 55.2 Å². The Morgan fingerprint density at radius 2 is 1.72 bits per heavy atom. The monoisotopic (exact) mass is 417 g/mol. The second-order valence-corrected chi connectivity index (χ2v) is 10.5. The van der Waals surface area contributed by atoms with Crippen LogP contribution in [-0.4, -0.2) is 72.4 Å². The van der Waals surface area contributed by atoms with E-state index in [2.05, 4.69) is 4.90 Å². The van der Waals surface area contributed by atoms with Crippen LogP contribution in [0.25, 0.3) is 10.8 Å². The molecule has 8 heteroatoms. The third-order valence-corrected chi connectivity index (χ3v) is 7.81. The molecule has 0 aliphatic carbocycles. The normalized spacial score (nSPS) is 22.4. The summed E-state index contributed by atoms with van der Waals surface area (Å²) >= 11 is 0. The Bertz CT molecular complexity index is 1100. The van der Waals surface area contributed by atoms with Gasteiger partial charge in [-0.05, 0) is 26.3 Å². The highest BCUT2D eigenvalue weighted by Crippen LogP contribution is 2.22. The van der Waals surface area contributed by atoms with Crippen molar-refractivity contribution in [2.75, 3.05) is 37.7 Å². The van der Waals surface area contributed by atoms with Crippen LogP contribution in [0.15, 0.2) is 35.3 Å². The molecule has 7 nitrogen and oxygen atoms in total. The second kappa shape index (κ2) is 7.57. The maximum absolute atomic E-state index is 13.3. The van der Waals surface area contributed by atoms with Gasteiger partial charge in [0.25, 0.3) is 11.5 Å². The lowest BCUT2D eigenvalue weighted by atomic mass is 10.1. The number of aromatic nitrogens is 1. The Balaban J connectivity index is 1.57. The Morgan fingerprint density at radius 3 is 2.31 bits per heavy atom. The first-order chi connectivity index (χ1) is 13.8. The summed E-state index contributed by atoms with van der Waals surface area (Å²) in [6.45, 7) is 6.33. The fourth-order valence-corrected chi connectivity index (χ4v) is 6.15. The molecule has 2 saturated heterocycles. The molecule has 0 saturated carbocycles. The number of nitrogens with zero attached hydrogens (tertiary/aromatic N) is 3. The van der Waals surface area contributed by atoms with E-state index in [0.717, 1.165) is 0 Å². The lowest BCUT2D eigenvalue weighted by molar-refractivity contribution is 0.0589. The smallest absolute Gasteiger partial charge is 0.258 e. The lowest BCUT2D eigenvalue weighted by Gasteiger charge is -2.37. The van der Waals surface area contributed by atoms with Gasteiger partial charge < -0.3 is 9.47 Å². The number of hydrogen-bond donors (Lipinski definition) is 0. The van der Waals surface area contributed by atoms with Crippen molar-refractivity contribution >= 4 is 26.5 Å². The van der Waals surface area contributed by atoms with E-state index in [4.69, 9.17) is 0 Å². The summed E-state index contributed by atoms with van der Waals surface area (Å²) in [4.78, 5) is 30.1. The van der Waals surface area contributed by atoms with Crippen molar-refractivity contribution in [2.24, 2.45) is 0 Å². The number of hydrogen-bond acceptors (Lipinski definition) is 5. The standard InChI is InChI=1S/C21H27N3O4S/c1-15(2)24-13-19(17-5-3-4-6-18(17)21(24)26)20(25)23-10-8-22(9-11-23)16-7-12-29(27,28)14-16/h3-6,13,15-16H,7-12,14H2,1-2H3/t16-/m0/s1. The fourth-order valence-electron chi connectivity index (χ4n) is 4.39. The van der Waals surface area contributed by atoms with Crippen LogP contribution in [0.5, 0.6) is 0 Å². The number of carbonyl (C=O) groups is 1. The minimum absolute atomic E-state index is 0.0418. The maximum atomic E-state index is 13.3. The third-order valence-electron chi connectivity index (χ3n) is 6.06. The zero-order valence-electron chi connectivity index (χ0n) is 16.9. The Hall–Kier alpha value is -2.19. The zero-order valence-corrected chi connectivity index (χ0v) is 17.7. The molecule has 0 radical (unpaired) electrons. The van der Waals surface area contributed by atoms with E-state index < -0.39 is 9.84 Å². The molecule has 1 aromatic heterocycles. The molecule has 4 rings (SSSR count). The summed E-state index contributed by atoms with van der Waals surface area (Å²) in [5, 5.41) is 1.24. The van der Waals surface area contributed by atoms with Crippen molar-refractivity contribution in [3.8, 4) is 0 Å². The molecule has 0 N–H and O–H groups in total. The molecule has 29 heavy (non-hydrogen) atoms. The van der Waals surface area contributed by atoms with Gasteiger partial charge >= 0.3 is 0 Å². The third kappa shape index (κ3) is 3.83. The summed E-state index contributed by atoms with van der Waals surface area (Å²) in [6.07, 6.45) is 2.37. The number of fused-ring (bicyclic) bond motifs is 1. The van der Waals surface area contributed by atoms with Crippen LogP contribution in [0, 0.1) is 0 Å². The molecule has 2 aliphatic heterocycles. The number of piperazine rings is 1. The number of carbonyl (C=O) groups excluding carboxylic acids is 1. The van der Waals surface area contributed by atoms with Crippen molar-refractivity contribution in [1.29, 1.82) is 0 Å². The number of sulfone groups is 1. The molecule has 0 spiro atoms. The molecule has 2 aromatic rings. The van der Waals surface area contributed by atoms with Gasteiger partial charge in [-0.2, -0.15) is 0 Å². The molecule has 2 fully saturated rings. The highest BCUT2D eigenvalue weighted by molar-refractivity contribution is 7.91. The van der Waals surface area contributed by atoms with E-state index in [1.165, 1.54) is 0 Å². The molecular weight excluding hydrogens is 390 g/mol. The molecule has 2 aliphatic rings. The minimum atomic E-state index is -2.91. The number of amides is 1. The van der Waals surface area contributed by atoms with E-state index in [-0.39, 0.29) is 35.1 Å². The van der Waals surface area contributed by atoms with E-state index in [0.29, 0.717) is 48.9 Å². The topological polar surface area (TPSA) is 79.7 Å². The van der Waals surface area contributed by atoms with Crippen LogP contribution in [0.2, 0.25) is 0 Å². The summed E-state index contributed by atoms with van der Waals surface area (Å²) < 4.78 is 25.1. The van der Waals surface area contributed by atoms with Gasteiger partial charge in [0.05, 0.1) is 17.1 Å². The van der Waals surface area contributed by atoms with Crippen molar-refractivity contribution < 1.29 is 13.2 Å². The molecule has 0 bridgehead atoms. The van der Waals surface area contributed by atoms with Gasteiger partial charge in [0.2, 0.25) is 0 Å². The van der Waals surface area contributed by atoms with Crippen LogP contribution in [0.3, 0.4) is 0 Å². The predicted octanol–water partition coefficient (Wildman–Crippen LogP) is 1.53. The summed E-state index contributed by atoms with van der Waals surface area (Å²) in [7, 11) is -2.91.